The first kappa shape index (κ1) is 26.6. The van der Waals surface area contributed by atoms with Crippen molar-refractivity contribution in [2.24, 2.45) is 0 Å². The summed E-state index contributed by atoms with van der Waals surface area (Å²) in [6.45, 7) is 2.91. The molecule has 31 heavy (non-hydrogen) atoms. The molecule has 1 heterocycles. The van der Waals surface area contributed by atoms with Gasteiger partial charge in [-0.15, -0.1) is 4.98 Å². The molecule has 18 heteroatoms. The van der Waals surface area contributed by atoms with Gasteiger partial charge in [0.1, 0.15) is 0 Å². The molecular weight excluding hydrogens is 472 g/mol. The fourth-order valence-corrected chi connectivity index (χ4v) is 1.68. The lowest BCUT2D eigenvalue weighted by molar-refractivity contribution is -0.302. The van der Waals surface area contributed by atoms with Crippen molar-refractivity contribution in [1.29, 1.82) is 0 Å². The molecule has 1 aromatic rings. The van der Waals surface area contributed by atoms with E-state index in [1.54, 1.807) is 0 Å². The number of rotatable bonds is 7. The lowest BCUT2D eigenvalue weighted by Gasteiger charge is -2.24. The minimum absolute atomic E-state index is 0.236. The van der Waals surface area contributed by atoms with Crippen molar-refractivity contribution in [2.45, 2.75) is 63.2 Å². The van der Waals surface area contributed by atoms with Gasteiger partial charge in [-0.25, -0.2) is 0 Å². The van der Waals surface area contributed by atoms with E-state index in [1.165, 1.54) is 13.8 Å². The number of hydrogen-bond donors (Lipinski definition) is 1. The third kappa shape index (κ3) is 7.97. The molecule has 0 radical (unpaired) electrons. The highest BCUT2D eigenvalue weighted by Crippen LogP contribution is 2.38. The number of ether oxygens (including phenoxy) is 2. The van der Waals surface area contributed by atoms with E-state index < -0.39 is 60.9 Å². The van der Waals surface area contributed by atoms with Crippen LogP contribution in [0.5, 0.6) is 12.0 Å². The Labute approximate surface area is 165 Å². The summed E-state index contributed by atoms with van der Waals surface area (Å²) in [4.78, 5) is 8.64. The van der Waals surface area contributed by atoms with E-state index in [4.69, 9.17) is 0 Å². The van der Waals surface area contributed by atoms with Gasteiger partial charge in [0, 0.05) is 6.04 Å². The summed E-state index contributed by atoms with van der Waals surface area (Å²) in [6, 6.07) is -4.41. The van der Waals surface area contributed by atoms with Crippen LogP contribution in [-0.4, -0.2) is 57.9 Å². The number of aromatic nitrogens is 3. The van der Waals surface area contributed by atoms with Crippen LogP contribution in [0.25, 0.3) is 0 Å². The fourth-order valence-electron chi connectivity index (χ4n) is 1.68. The first-order chi connectivity index (χ1) is 13.7. The number of hydrogen-bond acceptors (Lipinski definition) is 6. The first-order valence-electron chi connectivity index (χ1n) is 7.88. The van der Waals surface area contributed by atoms with Gasteiger partial charge in [-0.05, 0) is 13.3 Å². The average Bonchev–Trinajstić information content (AvgIpc) is 2.53. The van der Waals surface area contributed by atoms with Crippen LogP contribution in [0.3, 0.4) is 0 Å². The standard InChI is InChI=1S/C13H12F12N4O2/c1-3-4(2)26-7-27-8(30-5(10(14,15)16)11(17,18)19)29-9(28-7)31-6(12(20,21)22)13(23,24)25/h4-6H,3H2,1-2H3,(H,26,27,28,29)/t4-/m0/s1. The number of anilines is 1. The summed E-state index contributed by atoms with van der Waals surface area (Å²) in [6.07, 6.45) is -33.1. The summed E-state index contributed by atoms with van der Waals surface area (Å²) in [5, 5.41) is 2.23. The van der Waals surface area contributed by atoms with Crippen LogP contribution in [0.15, 0.2) is 0 Å². The van der Waals surface area contributed by atoms with Crippen LogP contribution in [0, 0.1) is 0 Å². The maximum absolute atomic E-state index is 12.6. The van der Waals surface area contributed by atoms with Crippen LogP contribution in [-0.2, 0) is 0 Å². The van der Waals surface area contributed by atoms with Crippen molar-refractivity contribution in [3.05, 3.63) is 0 Å². The Hall–Kier alpha value is -2.43. The molecule has 0 aliphatic rings. The largest absolute Gasteiger partial charge is 0.440 e. The zero-order chi connectivity index (χ0) is 24.4. The summed E-state index contributed by atoms with van der Waals surface area (Å²) in [7, 11) is 0. The second-order valence-electron chi connectivity index (χ2n) is 5.84. The Morgan fingerprint density at radius 3 is 1.26 bits per heavy atom. The lowest BCUT2D eigenvalue weighted by atomic mass is 10.3. The van der Waals surface area contributed by atoms with Crippen molar-refractivity contribution in [3.63, 3.8) is 0 Å². The quantitative estimate of drug-likeness (QED) is 0.560. The van der Waals surface area contributed by atoms with Gasteiger partial charge in [0.25, 0.3) is 12.2 Å². The molecule has 0 aliphatic carbocycles. The normalized spacial score (nSPS) is 14.7. The van der Waals surface area contributed by atoms with Crippen LogP contribution >= 0.6 is 0 Å². The molecule has 0 amide bonds. The topological polar surface area (TPSA) is 69.2 Å². The van der Waals surface area contributed by atoms with Gasteiger partial charge in [-0.1, -0.05) is 6.92 Å². The molecule has 0 aliphatic heterocycles. The van der Waals surface area contributed by atoms with Gasteiger partial charge < -0.3 is 14.8 Å². The summed E-state index contributed by atoms with van der Waals surface area (Å²) in [5.74, 6) is -0.986. The fraction of sp³-hybridized carbons (Fsp3) is 0.769. The number of halogens is 12. The summed E-state index contributed by atoms with van der Waals surface area (Å²) < 4.78 is 159. The molecule has 1 aromatic heterocycles. The Balaban J connectivity index is 3.44. The maximum Gasteiger partial charge on any atom is 0.434 e. The van der Waals surface area contributed by atoms with E-state index in [-0.39, 0.29) is 6.42 Å². The minimum Gasteiger partial charge on any atom is -0.440 e. The molecule has 0 unspecified atom stereocenters. The highest BCUT2D eigenvalue weighted by molar-refractivity contribution is 5.29. The van der Waals surface area contributed by atoms with E-state index in [9.17, 15) is 52.7 Å². The third-order valence-electron chi connectivity index (χ3n) is 3.22. The van der Waals surface area contributed by atoms with Crippen molar-refractivity contribution in [2.75, 3.05) is 5.32 Å². The number of alkyl halides is 12. The predicted octanol–water partition coefficient (Wildman–Crippen LogP) is 4.83. The summed E-state index contributed by atoms with van der Waals surface area (Å²) in [5.41, 5.74) is 0. The van der Waals surface area contributed by atoms with Gasteiger partial charge in [-0.3, -0.25) is 0 Å². The zero-order valence-electron chi connectivity index (χ0n) is 15.1. The van der Waals surface area contributed by atoms with Crippen molar-refractivity contribution < 1.29 is 62.2 Å². The molecule has 0 spiro atoms. The van der Waals surface area contributed by atoms with Gasteiger partial charge in [0.15, 0.2) is 0 Å². The molecule has 0 saturated carbocycles. The van der Waals surface area contributed by atoms with E-state index in [0.29, 0.717) is 0 Å². The van der Waals surface area contributed by atoms with E-state index in [1.807, 2.05) is 0 Å². The minimum atomic E-state index is -6.07. The van der Waals surface area contributed by atoms with Crippen LogP contribution in [0.2, 0.25) is 0 Å². The lowest BCUT2D eigenvalue weighted by Crippen LogP contribution is -2.47. The van der Waals surface area contributed by atoms with E-state index in [0.717, 1.165) is 0 Å². The zero-order valence-corrected chi connectivity index (χ0v) is 15.1. The van der Waals surface area contributed by atoms with Gasteiger partial charge >= 0.3 is 36.7 Å². The molecule has 6 nitrogen and oxygen atoms in total. The van der Waals surface area contributed by atoms with Crippen molar-refractivity contribution >= 4 is 5.95 Å². The average molecular weight is 484 g/mol. The van der Waals surface area contributed by atoms with E-state index >= 15 is 0 Å². The van der Waals surface area contributed by atoms with Gasteiger partial charge in [0.2, 0.25) is 5.95 Å². The molecule has 0 fully saturated rings. The van der Waals surface area contributed by atoms with Crippen LogP contribution in [0.4, 0.5) is 58.6 Å². The molecule has 0 aromatic carbocycles. The maximum atomic E-state index is 12.6. The molecule has 0 bridgehead atoms. The molecule has 1 atom stereocenters. The monoisotopic (exact) mass is 484 g/mol. The molecular formula is C13H12F12N4O2. The third-order valence-corrected chi connectivity index (χ3v) is 3.22. The summed E-state index contributed by atoms with van der Waals surface area (Å²) >= 11 is 0. The Bertz CT molecular complexity index is 651. The second kappa shape index (κ2) is 8.97. The van der Waals surface area contributed by atoms with Gasteiger partial charge in [-0.2, -0.15) is 62.7 Å². The Kier molecular flexibility index (Phi) is 7.70. The SMILES string of the molecule is CC[C@H](C)Nc1nc(OC(C(F)(F)F)C(F)(F)F)nc(OC(C(F)(F)F)C(F)(F)F)n1. The smallest absolute Gasteiger partial charge is 0.434 e. The highest BCUT2D eigenvalue weighted by atomic mass is 19.4. The molecule has 180 valence electrons. The Morgan fingerprint density at radius 1 is 0.677 bits per heavy atom. The number of nitrogens with one attached hydrogen (secondary N) is 1. The number of nitrogens with zero attached hydrogens (tertiary/aromatic N) is 3. The predicted molar refractivity (Wildman–Crippen MR) is 76.3 cm³/mol. The second-order valence-corrected chi connectivity index (χ2v) is 5.84. The first-order valence-corrected chi connectivity index (χ1v) is 7.88. The molecule has 1 rings (SSSR count). The van der Waals surface area contributed by atoms with Crippen molar-refractivity contribution in [3.8, 4) is 12.0 Å². The van der Waals surface area contributed by atoms with Crippen LogP contribution < -0.4 is 14.8 Å². The van der Waals surface area contributed by atoms with Crippen LogP contribution in [0.1, 0.15) is 20.3 Å². The molecule has 0 saturated heterocycles. The highest BCUT2D eigenvalue weighted by Gasteiger charge is 2.61. The van der Waals surface area contributed by atoms with Gasteiger partial charge in [0.05, 0.1) is 0 Å². The van der Waals surface area contributed by atoms with Crippen molar-refractivity contribution in [1.82, 2.24) is 15.0 Å². The Morgan fingerprint density at radius 2 is 1.00 bits per heavy atom. The molecule has 1 N–H and O–H groups in total. The van der Waals surface area contributed by atoms with E-state index in [2.05, 4.69) is 29.7 Å².